The third-order valence-electron chi connectivity index (χ3n) is 3.79. The van der Waals surface area contributed by atoms with Crippen LogP contribution in [0.15, 0.2) is 47.5 Å². The van der Waals surface area contributed by atoms with Crippen LogP contribution in [0.3, 0.4) is 0 Å². The number of aromatic nitrogens is 1. The molecular formula is C16H14F2N2O2S. The number of hydrogen-bond donors (Lipinski definition) is 2. The minimum atomic E-state index is -3.93. The summed E-state index contributed by atoms with van der Waals surface area (Å²) in [5, 5.41) is 5.67. The molecule has 2 aromatic carbocycles. The van der Waals surface area contributed by atoms with E-state index in [2.05, 4.69) is 4.98 Å². The van der Waals surface area contributed by atoms with Crippen LogP contribution in [0.5, 0.6) is 0 Å². The second-order valence-corrected chi connectivity index (χ2v) is 6.80. The highest BCUT2D eigenvalue weighted by molar-refractivity contribution is 7.89. The number of nitrogens with two attached hydrogens (primary N) is 1. The summed E-state index contributed by atoms with van der Waals surface area (Å²) < 4.78 is 49.9. The normalized spacial score (nSPS) is 12.2. The zero-order valence-corrected chi connectivity index (χ0v) is 13.0. The van der Waals surface area contributed by atoms with E-state index in [0.29, 0.717) is 27.6 Å². The number of fused-ring (bicyclic) bond motifs is 1. The number of sulfonamides is 1. The molecule has 0 radical (unpaired) electrons. The smallest absolute Gasteiger partial charge is 0.265 e. The molecule has 1 aromatic heterocycles. The van der Waals surface area contributed by atoms with Crippen LogP contribution in [0.2, 0.25) is 0 Å². The summed E-state index contributed by atoms with van der Waals surface area (Å²) in [7, 11) is -3.93. The van der Waals surface area contributed by atoms with Gasteiger partial charge in [-0.3, -0.25) is 0 Å². The molecule has 0 saturated heterocycles. The highest BCUT2D eigenvalue weighted by Gasteiger charge is 2.20. The first-order valence-electron chi connectivity index (χ1n) is 6.81. The molecule has 0 saturated carbocycles. The van der Waals surface area contributed by atoms with Gasteiger partial charge in [0.2, 0.25) is 10.0 Å². The fourth-order valence-corrected chi connectivity index (χ4v) is 3.54. The van der Waals surface area contributed by atoms with E-state index in [4.69, 9.17) is 5.14 Å². The molecule has 1 heterocycles. The molecule has 23 heavy (non-hydrogen) atoms. The second-order valence-electron chi connectivity index (χ2n) is 5.27. The second kappa shape index (κ2) is 5.43. The Hall–Kier alpha value is -2.25. The monoisotopic (exact) mass is 336 g/mol. The van der Waals surface area contributed by atoms with E-state index in [9.17, 15) is 17.2 Å². The third-order valence-corrected chi connectivity index (χ3v) is 4.76. The molecule has 3 rings (SSSR count). The van der Waals surface area contributed by atoms with Crippen LogP contribution in [0.4, 0.5) is 8.78 Å². The van der Waals surface area contributed by atoms with Crippen molar-refractivity contribution in [1.29, 1.82) is 0 Å². The number of benzene rings is 2. The molecule has 0 atom stereocenters. The largest absolute Gasteiger partial charge is 0.360 e. The Kier molecular flexibility index (Phi) is 3.69. The number of rotatable bonds is 3. The van der Waals surface area contributed by atoms with Crippen molar-refractivity contribution in [3.05, 3.63) is 53.7 Å². The topological polar surface area (TPSA) is 76.0 Å². The van der Waals surface area contributed by atoms with Gasteiger partial charge in [-0.25, -0.2) is 22.3 Å². The summed E-state index contributed by atoms with van der Waals surface area (Å²) in [6, 6.07) is 9.63. The van der Waals surface area contributed by atoms with Crippen LogP contribution in [-0.2, 0) is 10.0 Å². The van der Waals surface area contributed by atoms with Gasteiger partial charge >= 0.3 is 0 Å². The summed E-state index contributed by atoms with van der Waals surface area (Å²) in [6.45, 7) is 1.73. The maximum absolute atomic E-state index is 13.2. The molecule has 3 aromatic rings. The molecule has 0 unspecified atom stereocenters. The predicted molar refractivity (Wildman–Crippen MR) is 84.8 cm³/mol. The SMILES string of the molecule is Cc1ccc(-c2ccccc2S(N)(=O)=O)c2[nH]cc(C(F)F)c12. The van der Waals surface area contributed by atoms with Crippen LogP contribution in [0.1, 0.15) is 17.6 Å². The van der Waals surface area contributed by atoms with E-state index < -0.39 is 16.4 Å². The quantitative estimate of drug-likeness (QED) is 0.764. The Balaban J connectivity index is 2.38. The van der Waals surface area contributed by atoms with Gasteiger partial charge in [0.1, 0.15) is 0 Å². The van der Waals surface area contributed by atoms with Crippen LogP contribution in [0, 0.1) is 6.92 Å². The van der Waals surface area contributed by atoms with Gasteiger partial charge in [0, 0.05) is 28.3 Å². The van der Waals surface area contributed by atoms with Crippen molar-refractivity contribution in [1.82, 2.24) is 4.98 Å². The van der Waals surface area contributed by atoms with E-state index in [1.54, 1.807) is 37.3 Å². The molecule has 0 aliphatic carbocycles. The van der Waals surface area contributed by atoms with Gasteiger partial charge in [0.15, 0.2) is 0 Å². The van der Waals surface area contributed by atoms with Gasteiger partial charge in [-0.05, 0) is 18.6 Å². The van der Waals surface area contributed by atoms with Crippen molar-refractivity contribution >= 4 is 20.9 Å². The number of aromatic amines is 1. The Morgan fingerprint density at radius 2 is 1.78 bits per heavy atom. The zero-order chi connectivity index (χ0) is 16.8. The molecule has 4 nitrogen and oxygen atoms in total. The Bertz CT molecular complexity index is 994. The summed E-state index contributed by atoms with van der Waals surface area (Å²) in [4.78, 5) is 2.80. The van der Waals surface area contributed by atoms with Crippen molar-refractivity contribution in [2.24, 2.45) is 5.14 Å². The fraction of sp³-hybridized carbons (Fsp3) is 0.125. The van der Waals surface area contributed by atoms with Crippen molar-refractivity contribution in [2.45, 2.75) is 18.2 Å². The van der Waals surface area contributed by atoms with Gasteiger partial charge in [0.05, 0.1) is 10.4 Å². The predicted octanol–water partition coefficient (Wildman–Crippen LogP) is 3.73. The van der Waals surface area contributed by atoms with E-state index in [0.717, 1.165) is 0 Å². The first kappa shape index (κ1) is 15.6. The maximum atomic E-state index is 13.2. The van der Waals surface area contributed by atoms with Crippen molar-refractivity contribution < 1.29 is 17.2 Å². The van der Waals surface area contributed by atoms with Gasteiger partial charge in [-0.15, -0.1) is 0 Å². The van der Waals surface area contributed by atoms with E-state index in [1.165, 1.54) is 12.3 Å². The number of primary sulfonamides is 1. The molecule has 3 N–H and O–H groups in total. The number of hydrogen-bond acceptors (Lipinski definition) is 2. The minimum Gasteiger partial charge on any atom is -0.360 e. The molecule has 7 heteroatoms. The first-order valence-corrected chi connectivity index (χ1v) is 8.36. The summed E-state index contributed by atoms with van der Waals surface area (Å²) >= 11 is 0. The third kappa shape index (κ3) is 2.62. The Morgan fingerprint density at radius 1 is 1.09 bits per heavy atom. The summed E-state index contributed by atoms with van der Waals surface area (Å²) in [5.41, 5.74) is 1.95. The lowest BCUT2D eigenvalue weighted by atomic mass is 9.98. The maximum Gasteiger partial charge on any atom is 0.265 e. The van der Waals surface area contributed by atoms with Gasteiger partial charge in [-0.1, -0.05) is 30.3 Å². The molecule has 0 amide bonds. The van der Waals surface area contributed by atoms with E-state index >= 15 is 0 Å². The number of aryl methyl sites for hydroxylation is 1. The number of alkyl halides is 2. The Labute approximate surface area is 132 Å². The average Bonchev–Trinajstić information content (AvgIpc) is 2.93. The number of halogens is 2. The molecule has 0 bridgehead atoms. The number of H-pyrrole nitrogens is 1. The van der Waals surface area contributed by atoms with Crippen molar-refractivity contribution in [3.63, 3.8) is 0 Å². The molecule has 0 fully saturated rings. The van der Waals surface area contributed by atoms with Crippen LogP contribution >= 0.6 is 0 Å². The zero-order valence-electron chi connectivity index (χ0n) is 12.2. The number of nitrogens with one attached hydrogen (secondary N) is 1. The summed E-state index contributed by atoms with van der Waals surface area (Å²) in [6.07, 6.45) is -1.36. The van der Waals surface area contributed by atoms with Crippen LogP contribution in [0.25, 0.3) is 22.0 Å². The molecule has 0 aliphatic rings. The van der Waals surface area contributed by atoms with Crippen LogP contribution < -0.4 is 5.14 Å². The van der Waals surface area contributed by atoms with E-state index in [1.807, 2.05) is 0 Å². The van der Waals surface area contributed by atoms with Gasteiger partial charge in [-0.2, -0.15) is 0 Å². The minimum absolute atomic E-state index is 0.0432. The highest BCUT2D eigenvalue weighted by atomic mass is 32.2. The Morgan fingerprint density at radius 3 is 2.43 bits per heavy atom. The van der Waals surface area contributed by atoms with Gasteiger partial charge < -0.3 is 4.98 Å². The molecule has 0 spiro atoms. The van der Waals surface area contributed by atoms with Crippen LogP contribution in [-0.4, -0.2) is 13.4 Å². The lowest BCUT2D eigenvalue weighted by Crippen LogP contribution is -2.13. The average molecular weight is 336 g/mol. The first-order chi connectivity index (χ1) is 10.8. The molecular weight excluding hydrogens is 322 g/mol. The lowest BCUT2D eigenvalue weighted by molar-refractivity contribution is 0.153. The highest BCUT2D eigenvalue weighted by Crippen LogP contribution is 2.37. The molecule has 120 valence electrons. The van der Waals surface area contributed by atoms with Crippen molar-refractivity contribution in [3.8, 4) is 11.1 Å². The standard InChI is InChI=1S/C16H14F2N2O2S/c1-9-6-7-11(15-14(9)12(8-20-15)16(17)18)10-4-2-3-5-13(10)23(19,21)22/h2-8,16,20H,1H3,(H2,19,21,22). The van der Waals surface area contributed by atoms with Crippen molar-refractivity contribution in [2.75, 3.05) is 0 Å². The summed E-state index contributed by atoms with van der Waals surface area (Å²) in [5.74, 6) is 0. The molecule has 0 aliphatic heterocycles. The van der Waals surface area contributed by atoms with E-state index in [-0.39, 0.29) is 10.5 Å². The van der Waals surface area contributed by atoms with Gasteiger partial charge in [0.25, 0.3) is 6.43 Å². The lowest BCUT2D eigenvalue weighted by Gasteiger charge is -2.11. The fourth-order valence-electron chi connectivity index (χ4n) is 2.78.